The van der Waals surface area contributed by atoms with Gasteiger partial charge in [0.15, 0.2) is 0 Å². The fraction of sp³-hybridized carbons (Fsp3) is 0.231. The SMILES string of the molecule is O=C(NC(CCCc1ccccc1)C(=O)O)OCc1ccc(Cc2ccccc2)cc1. The number of aliphatic carboxylic acids is 1. The highest BCUT2D eigenvalue weighted by molar-refractivity contribution is 5.79. The third-order valence-electron chi connectivity index (χ3n) is 5.04. The normalized spacial score (nSPS) is 11.5. The third kappa shape index (κ3) is 7.63. The molecule has 0 saturated heterocycles. The quantitative estimate of drug-likeness (QED) is 0.488. The second-order valence-electron chi connectivity index (χ2n) is 7.47. The Labute approximate surface area is 182 Å². The van der Waals surface area contributed by atoms with Crippen molar-refractivity contribution in [2.75, 3.05) is 0 Å². The van der Waals surface area contributed by atoms with Crippen molar-refractivity contribution in [3.05, 3.63) is 107 Å². The number of ether oxygens (including phenoxy) is 1. The number of alkyl carbamates (subject to hydrolysis) is 1. The molecule has 0 fully saturated rings. The molecule has 0 bridgehead atoms. The number of nitrogens with one attached hydrogen (secondary N) is 1. The van der Waals surface area contributed by atoms with Crippen LogP contribution in [0.5, 0.6) is 0 Å². The third-order valence-corrected chi connectivity index (χ3v) is 5.04. The van der Waals surface area contributed by atoms with Gasteiger partial charge in [0.1, 0.15) is 12.6 Å². The molecule has 0 saturated carbocycles. The molecule has 3 aromatic carbocycles. The smallest absolute Gasteiger partial charge is 0.408 e. The number of aryl methyl sites for hydroxylation is 1. The Kier molecular flexibility index (Phi) is 8.23. The van der Waals surface area contributed by atoms with E-state index in [0.717, 1.165) is 24.0 Å². The summed E-state index contributed by atoms with van der Waals surface area (Å²) in [5.74, 6) is -1.06. The molecular formula is C26H27NO4. The fourth-order valence-corrected chi connectivity index (χ4v) is 3.33. The van der Waals surface area contributed by atoms with Gasteiger partial charge < -0.3 is 15.2 Å². The molecule has 5 nitrogen and oxygen atoms in total. The molecule has 1 atom stereocenters. The van der Waals surface area contributed by atoms with Gasteiger partial charge >= 0.3 is 12.1 Å². The number of carbonyl (C=O) groups excluding carboxylic acids is 1. The number of carbonyl (C=O) groups is 2. The number of carboxylic acids is 1. The van der Waals surface area contributed by atoms with Gasteiger partial charge in [-0.05, 0) is 47.9 Å². The molecule has 0 spiro atoms. The molecule has 3 rings (SSSR count). The summed E-state index contributed by atoms with van der Waals surface area (Å²) in [6.45, 7) is 0.0911. The van der Waals surface area contributed by atoms with Crippen molar-refractivity contribution in [1.82, 2.24) is 5.32 Å². The standard InChI is InChI=1S/C26H27NO4/c28-25(29)24(13-7-12-20-8-3-1-4-9-20)27-26(30)31-19-23-16-14-22(15-17-23)18-21-10-5-2-6-11-21/h1-6,8-11,14-17,24H,7,12-13,18-19H2,(H,27,30)(H,28,29). The number of benzene rings is 3. The van der Waals surface area contributed by atoms with Crippen molar-refractivity contribution in [2.24, 2.45) is 0 Å². The van der Waals surface area contributed by atoms with Crippen molar-refractivity contribution >= 4 is 12.1 Å². The first-order valence-electron chi connectivity index (χ1n) is 10.4. The van der Waals surface area contributed by atoms with Crippen LogP contribution >= 0.6 is 0 Å². The summed E-state index contributed by atoms with van der Waals surface area (Å²) in [6, 6.07) is 26.9. The molecule has 160 valence electrons. The Bertz CT molecular complexity index is 956. The molecular weight excluding hydrogens is 390 g/mol. The van der Waals surface area contributed by atoms with Crippen LogP contribution in [0.15, 0.2) is 84.9 Å². The molecule has 0 heterocycles. The Hall–Kier alpha value is -3.60. The van der Waals surface area contributed by atoms with E-state index in [4.69, 9.17) is 4.74 Å². The molecule has 31 heavy (non-hydrogen) atoms. The van der Waals surface area contributed by atoms with Crippen LogP contribution in [0.25, 0.3) is 0 Å². The van der Waals surface area contributed by atoms with Crippen LogP contribution in [-0.4, -0.2) is 23.2 Å². The molecule has 0 aliphatic heterocycles. The van der Waals surface area contributed by atoms with Gasteiger partial charge in [-0.3, -0.25) is 0 Å². The van der Waals surface area contributed by atoms with Crippen molar-refractivity contribution in [1.29, 1.82) is 0 Å². The predicted molar refractivity (Wildman–Crippen MR) is 120 cm³/mol. The zero-order valence-corrected chi connectivity index (χ0v) is 17.4. The van der Waals surface area contributed by atoms with Crippen LogP contribution < -0.4 is 5.32 Å². The van der Waals surface area contributed by atoms with Crippen LogP contribution in [0.2, 0.25) is 0 Å². The maximum atomic E-state index is 12.1. The zero-order valence-electron chi connectivity index (χ0n) is 17.4. The summed E-state index contributed by atoms with van der Waals surface area (Å²) < 4.78 is 5.22. The first kappa shape index (κ1) is 22.1. The molecule has 3 aromatic rings. The molecule has 0 aliphatic rings. The summed E-state index contributed by atoms with van der Waals surface area (Å²) >= 11 is 0. The Balaban J connectivity index is 1.42. The van der Waals surface area contributed by atoms with E-state index in [1.165, 1.54) is 11.1 Å². The highest BCUT2D eigenvalue weighted by Gasteiger charge is 2.20. The Morgan fingerprint density at radius 1 is 0.774 bits per heavy atom. The van der Waals surface area contributed by atoms with Gasteiger partial charge in [0.2, 0.25) is 0 Å². The molecule has 0 aromatic heterocycles. The zero-order chi connectivity index (χ0) is 21.9. The lowest BCUT2D eigenvalue weighted by Gasteiger charge is -2.14. The molecule has 2 N–H and O–H groups in total. The van der Waals surface area contributed by atoms with Gasteiger partial charge in [0, 0.05) is 0 Å². The van der Waals surface area contributed by atoms with E-state index in [2.05, 4.69) is 17.4 Å². The topological polar surface area (TPSA) is 75.6 Å². The molecule has 0 radical (unpaired) electrons. The molecule has 1 unspecified atom stereocenters. The van der Waals surface area contributed by atoms with E-state index in [-0.39, 0.29) is 6.61 Å². The minimum Gasteiger partial charge on any atom is -0.480 e. The van der Waals surface area contributed by atoms with E-state index >= 15 is 0 Å². The summed E-state index contributed by atoms with van der Waals surface area (Å²) in [4.78, 5) is 23.5. The van der Waals surface area contributed by atoms with Crippen molar-refractivity contribution in [3.8, 4) is 0 Å². The minimum absolute atomic E-state index is 0.0911. The van der Waals surface area contributed by atoms with Crippen LogP contribution in [0.3, 0.4) is 0 Å². The largest absolute Gasteiger partial charge is 0.480 e. The van der Waals surface area contributed by atoms with E-state index in [1.54, 1.807) is 0 Å². The van der Waals surface area contributed by atoms with Gasteiger partial charge in [-0.25, -0.2) is 9.59 Å². The fourth-order valence-electron chi connectivity index (χ4n) is 3.33. The highest BCUT2D eigenvalue weighted by atomic mass is 16.5. The summed E-state index contributed by atoms with van der Waals surface area (Å²) in [6.07, 6.45) is 1.88. The Morgan fingerprint density at radius 3 is 1.94 bits per heavy atom. The summed E-state index contributed by atoms with van der Waals surface area (Å²) in [5.41, 5.74) is 4.40. The van der Waals surface area contributed by atoms with Crippen molar-refractivity contribution < 1.29 is 19.4 Å². The maximum absolute atomic E-state index is 12.1. The van der Waals surface area contributed by atoms with Gasteiger partial charge in [0.25, 0.3) is 0 Å². The first-order valence-corrected chi connectivity index (χ1v) is 10.4. The van der Waals surface area contributed by atoms with E-state index in [9.17, 15) is 14.7 Å². The first-order chi connectivity index (χ1) is 15.1. The second kappa shape index (κ2) is 11.6. The summed E-state index contributed by atoms with van der Waals surface area (Å²) in [7, 11) is 0. The number of amides is 1. The molecule has 1 amide bonds. The van der Waals surface area contributed by atoms with Gasteiger partial charge in [-0.15, -0.1) is 0 Å². The molecule has 5 heteroatoms. The second-order valence-corrected chi connectivity index (χ2v) is 7.47. The number of rotatable bonds is 10. The maximum Gasteiger partial charge on any atom is 0.408 e. The van der Waals surface area contributed by atoms with Gasteiger partial charge in [-0.2, -0.15) is 0 Å². The van der Waals surface area contributed by atoms with Gasteiger partial charge in [-0.1, -0.05) is 84.9 Å². The number of carboxylic acid groups (broad SMARTS) is 1. The van der Waals surface area contributed by atoms with Crippen LogP contribution in [-0.2, 0) is 29.0 Å². The average molecular weight is 418 g/mol. The van der Waals surface area contributed by atoms with Crippen LogP contribution in [0.1, 0.15) is 35.1 Å². The van der Waals surface area contributed by atoms with Crippen molar-refractivity contribution in [2.45, 2.75) is 38.3 Å². The molecule has 0 aliphatic carbocycles. The van der Waals surface area contributed by atoms with Crippen LogP contribution in [0, 0.1) is 0 Å². The summed E-state index contributed by atoms with van der Waals surface area (Å²) in [5, 5.41) is 11.8. The van der Waals surface area contributed by atoms with Gasteiger partial charge in [0.05, 0.1) is 0 Å². The monoisotopic (exact) mass is 417 g/mol. The van der Waals surface area contributed by atoms with Crippen LogP contribution in [0.4, 0.5) is 4.79 Å². The van der Waals surface area contributed by atoms with Crippen molar-refractivity contribution in [3.63, 3.8) is 0 Å². The average Bonchev–Trinajstić information content (AvgIpc) is 2.79. The number of hydrogen-bond donors (Lipinski definition) is 2. The minimum atomic E-state index is -1.06. The van der Waals surface area contributed by atoms with E-state index in [0.29, 0.717) is 12.8 Å². The lowest BCUT2D eigenvalue weighted by atomic mass is 10.0. The number of hydrogen-bond acceptors (Lipinski definition) is 3. The van der Waals surface area contributed by atoms with E-state index < -0.39 is 18.1 Å². The lowest BCUT2D eigenvalue weighted by Crippen LogP contribution is -2.41. The lowest BCUT2D eigenvalue weighted by molar-refractivity contribution is -0.139. The van der Waals surface area contributed by atoms with E-state index in [1.807, 2.05) is 72.8 Å². The predicted octanol–water partition coefficient (Wildman–Crippen LogP) is 4.98. The highest BCUT2D eigenvalue weighted by Crippen LogP contribution is 2.12. The Morgan fingerprint density at radius 2 is 1.32 bits per heavy atom.